The number of hydrogen-bond donors (Lipinski definition) is 1. The maximum atomic E-state index is 12.4. The maximum absolute atomic E-state index is 12.4. The van der Waals surface area contributed by atoms with E-state index in [1.165, 1.54) is 5.56 Å². The van der Waals surface area contributed by atoms with Crippen LogP contribution in [-0.4, -0.2) is 36.1 Å². The number of rotatable bonds is 8. The molecule has 6 heteroatoms. The van der Waals surface area contributed by atoms with Crippen LogP contribution in [0.4, 0.5) is 5.95 Å². The van der Waals surface area contributed by atoms with E-state index >= 15 is 0 Å². The fourth-order valence-electron chi connectivity index (χ4n) is 2.74. The van der Waals surface area contributed by atoms with E-state index in [0.29, 0.717) is 36.9 Å². The second-order valence-corrected chi connectivity index (χ2v) is 6.43. The molecule has 0 atom stereocenters. The van der Waals surface area contributed by atoms with Gasteiger partial charge in [0, 0.05) is 19.8 Å². The topological polar surface area (TPSA) is 67.4 Å². The highest BCUT2D eigenvalue weighted by atomic mass is 16.5. The average molecular weight is 376 g/mol. The molecule has 28 heavy (non-hydrogen) atoms. The fraction of sp³-hybridized carbons (Fsp3) is 0.227. The molecule has 1 N–H and O–H groups in total. The zero-order chi connectivity index (χ0) is 19.8. The Morgan fingerprint density at radius 3 is 2.43 bits per heavy atom. The van der Waals surface area contributed by atoms with Gasteiger partial charge < -0.3 is 15.0 Å². The van der Waals surface area contributed by atoms with Gasteiger partial charge in [0.1, 0.15) is 12.4 Å². The number of anilines is 1. The van der Waals surface area contributed by atoms with Gasteiger partial charge in [0.2, 0.25) is 5.95 Å². The molecule has 0 bridgehead atoms. The highest BCUT2D eigenvalue weighted by Gasteiger charge is 2.13. The van der Waals surface area contributed by atoms with Crippen LogP contribution in [-0.2, 0) is 6.54 Å². The van der Waals surface area contributed by atoms with Gasteiger partial charge in [-0.3, -0.25) is 4.79 Å². The van der Waals surface area contributed by atoms with E-state index in [4.69, 9.17) is 4.74 Å². The number of ether oxygens (including phenoxy) is 1. The lowest BCUT2D eigenvalue weighted by atomic mass is 10.2. The maximum Gasteiger partial charge on any atom is 0.254 e. The third-order valence-corrected chi connectivity index (χ3v) is 4.21. The third kappa shape index (κ3) is 5.30. The van der Waals surface area contributed by atoms with Crippen molar-refractivity contribution < 1.29 is 9.53 Å². The molecular weight excluding hydrogens is 352 g/mol. The molecule has 0 saturated heterocycles. The smallest absolute Gasteiger partial charge is 0.254 e. The lowest BCUT2D eigenvalue weighted by molar-refractivity contribution is 0.0945. The average Bonchev–Trinajstić information content (AvgIpc) is 2.72. The van der Waals surface area contributed by atoms with Crippen molar-refractivity contribution in [2.75, 3.05) is 25.1 Å². The van der Waals surface area contributed by atoms with Gasteiger partial charge >= 0.3 is 0 Å². The van der Waals surface area contributed by atoms with Crippen molar-refractivity contribution in [1.82, 2.24) is 15.3 Å². The van der Waals surface area contributed by atoms with Crippen molar-refractivity contribution in [3.05, 3.63) is 83.7 Å². The van der Waals surface area contributed by atoms with Crippen LogP contribution in [0.1, 0.15) is 21.6 Å². The summed E-state index contributed by atoms with van der Waals surface area (Å²) < 4.78 is 5.58. The van der Waals surface area contributed by atoms with E-state index in [0.717, 1.165) is 5.75 Å². The highest BCUT2D eigenvalue weighted by Crippen LogP contribution is 2.13. The molecule has 0 unspecified atom stereocenters. The van der Waals surface area contributed by atoms with Gasteiger partial charge in [-0.2, -0.15) is 0 Å². The number of nitrogens with one attached hydrogen (secondary N) is 1. The molecule has 0 aliphatic rings. The molecule has 3 rings (SSSR count). The number of nitrogens with zero attached hydrogens (tertiary/aromatic N) is 3. The molecule has 0 spiro atoms. The summed E-state index contributed by atoms with van der Waals surface area (Å²) in [7, 11) is 1.93. The lowest BCUT2D eigenvalue weighted by Gasteiger charge is -2.18. The number of benzene rings is 2. The number of amides is 1. The molecule has 3 aromatic rings. The van der Waals surface area contributed by atoms with Gasteiger partial charge in [-0.15, -0.1) is 0 Å². The number of aromatic nitrogens is 2. The van der Waals surface area contributed by atoms with Gasteiger partial charge in [-0.25, -0.2) is 9.97 Å². The van der Waals surface area contributed by atoms with E-state index in [1.807, 2.05) is 67.4 Å². The first-order chi connectivity index (χ1) is 13.6. The number of carbonyl (C=O) groups is 1. The van der Waals surface area contributed by atoms with E-state index in [-0.39, 0.29) is 5.91 Å². The molecule has 0 saturated carbocycles. The van der Waals surface area contributed by atoms with Crippen molar-refractivity contribution in [3.8, 4) is 5.75 Å². The Labute approximate surface area is 165 Å². The minimum Gasteiger partial charge on any atom is -0.492 e. The quantitative estimate of drug-likeness (QED) is 0.612. The van der Waals surface area contributed by atoms with Crippen LogP contribution in [0.2, 0.25) is 0 Å². The van der Waals surface area contributed by atoms with E-state index in [9.17, 15) is 4.79 Å². The summed E-state index contributed by atoms with van der Waals surface area (Å²) in [6, 6.07) is 19.6. The molecule has 6 nitrogen and oxygen atoms in total. The van der Waals surface area contributed by atoms with E-state index < -0.39 is 0 Å². The minimum absolute atomic E-state index is 0.202. The molecule has 144 valence electrons. The Hall–Kier alpha value is -3.41. The zero-order valence-corrected chi connectivity index (χ0v) is 16.1. The first-order valence-electron chi connectivity index (χ1n) is 9.18. The summed E-state index contributed by atoms with van der Waals surface area (Å²) >= 11 is 0. The molecule has 1 aromatic heterocycles. The van der Waals surface area contributed by atoms with Crippen LogP contribution in [0, 0.1) is 6.92 Å². The second-order valence-electron chi connectivity index (χ2n) is 6.43. The van der Waals surface area contributed by atoms with Crippen molar-refractivity contribution in [1.29, 1.82) is 0 Å². The molecule has 0 radical (unpaired) electrons. The normalized spacial score (nSPS) is 10.4. The molecular formula is C22H24N4O2. The number of aryl methyl sites for hydroxylation is 1. The van der Waals surface area contributed by atoms with Crippen molar-refractivity contribution >= 4 is 11.9 Å². The largest absolute Gasteiger partial charge is 0.492 e. The van der Waals surface area contributed by atoms with Crippen LogP contribution in [0.15, 0.2) is 66.9 Å². The fourth-order valence-corrected chi connectivity index (χ4v) is 2.74. The Morgan fingerprint density at radius 1 is 1.07 bits per heavy atom. The Kier molecular flexibility index (Phi) is 6.57. The van der Waals surface area contributed by atoms with Crippen LogP contribution < -0.4 is 15.0 Å². The Bertz CT molecular complexity index is 901. The van der Waals surface area contributed by atoms with Crippen molar-refractivity contribution in [3.63, 3.8) is 0 Å². The van der Waals surface area contributed by atoms with Crippen LogP contribution >= 0.6 is 0 Å². The number of carbonyl (C=O) groups excluding carboxylic acids is 1. The SMILES string of the molecule is Cc1nc(N(C)Cc2ccccc2)ncc1C(=O)NCCOc1ccccc1. The van der Waals surface area contributed by atoms with Crippen LogP contribution in [0.25, 0.3) is 0 Å². The monoisotopic (exact) mass is 376 g/mol. The summed E-state index contributed by atoms with van der Waals surface area (Å²) in [5.41, 5.74) is 2.29. The Balaban J connectivity index is 1.53. The predicted molar refractivity (Wildman–Crippen MR) is 110 cm³/mol. The second kappa shape index (κ2) is 9.50. The van der Waals surface area contributed by atoms with Crippen molar-refractivity contribution in [2.24, 2.45) is 0 Å². The van der Waals surface area contributed by atoms with Gasteiger partial charge in [-0.05, 0) is 24.6 Å². The summed E-state index contributed by atoms with van der Waals surface area (Å²) in [4.78, 5) is 23.2. The molecule has 2 aromatic carbocycles. The number of hydrogen-bond acceptors (Lipinski definition) is 5. The molecule has 1 amide bonds. The summed E-state index contributed by atoms with van der Waals surface area (Å²) in [5, 5.41) is 2.84. The molecule has 0 fully saturated rings. The summed E-state index contributed by atoms with van der Waals surface area (Å²) in [6.07, 6.45) is 1.58. The first-order valence-corrected chi connectivity index (χ1v) is 9.18. The van der Waals surface area contributed by atoms with Crippen molar-refractivity contribution in [2.45, 2.75) is 13.5 Å². The Morgan fingerprint density at radius 2 is 1.75 bits per heavy atom. The minimum atomic E-state index is -0.202. The summed E-state index contributed by atoms with van der Waals surface area (Å²) in [6.45, 7) is 3.32. The first kappa shape index (κ1) is 19.4. The standard InChI is InChI=1S/C22H24N4O2/c1-17-20(21(27)23-13-14-28-19-11-7-4-8-12-19)15-24-22(25-17)26(2)16-18-9-5-3-6-10-18/h3-12,15H,13-14,16H2,1-2H3,(H,23,27). The van der Waals surface area contributed by atoms with Gasteiger partial charge in [0.25, 0.3) is 5.91 Å². The van der Waals surface area contributed by atoms with Gasteiger partial charge in [0.05, 0.1) is 17.8 Å². The number of para-hydroxylation sites is 1. The van der Waals surface area contributed by atoms with E-state index in [1.54, 1.807) is 6.20 Å². The van der Waals surface area contributed by atoms with Crippen LogP contribution in [0.3, 0.4) is 0 Å². The van der Waals surface area contributed by atoms with Gasteiger partial charge in [0.15, 0.2) is 0 Å². The zero-order valence-electron chi connectivity index (χ0n) is 16.1. The molecule has 0 aliphatic carbocycles. The van der Waals surface area contributed by atoms with Crippen LogP contribution in [0.5, 0.6) is 5.75 Å². The molecule has 1 heterocycles. The predicted octanol–water partition coefficient (Wildman–Crippen LogP) is 3.23. The van der Waals surface area contributed by atoms with Gasteiger partial charge in [-0.1, -0.05) is 48.5 Å². The lowest BCUT2D eigenvalue weighted by Crippen LogP contribution is -2.29. The summed E-state index contributed by atoms with van der Waals surface area (Å²) in [5.74, 6) is 1.17. The molecule has 0 aliphatic heterocycles. The van der Waals surface area contributed by atoms with E-state index in [2.05, 4.69) is 27.4 Å². The third-order valence-electron chi connectivity index (χ3n) is 4.21. The highest BCUT2D eigenvalue weighted by molar-refractivity contribution is 5.94.